The van der Waals surface area contributed by atoms with Gasteiger partial charge in [-0.05, 0) is 17.7 Å². The third kappa shape index (κ3) is 1.29. The zero-order valence-electron chi connectivity index (χ0n) is 8.22. The van der Waals surface area contributed by atoms with E-state index < -0.39 is 4.92 Å². The Labute approximate surface area is 88.8 Å². The number of nitro benzene ring substituents is 1. The van der Waals surface area contributed by atoms with E-state index in [1.807, 2.05) is 0 Å². The normalized spacial score (nSPS) is 10.6. The summed E-state index contributed by atoms with van der Waals surface area (Å²) in [6.45, 7) is 1.64. The highest BCUT2D eigenvalue weighted by Crippen LogP contribution is 2.38. The van der Waals surface area contributed by atoms with Crippen LogP contribution < -0.4 is 0 Å². The number of non-ortho nitro benzene ring substituents is 1. The molecule has 0 unspecified atom stereocenters. The standard InChI is InChI=1S/C9H7N3O4/c1-4-2-5(12(15)16)3-6-7(4)10-9(13)8(6)11-14/h2-3,10,13H,1H3. The monoisotopic (exact) mass is 221 g/mol. The average Bonchev–Trinajstić information content (AvgIpc) is 2.54. The molecule has 7 heteroatoms. The van der Waals surface area contributed by atoms with E-state index in [0.717, 1.165) is 0 Å². The number of aromatic hydroxyl groups is 1. The summed E-state index contributed by atoms with van der Waals surface area (Å²) in [6, 6.07) is 2.56. The van der Waals surface area contributed by atoms with Crippen molar-refractivity contribution in [2.75, 3.05) is 0 Å². The van der Waals surface area contributed by atoms with E-state index in [1.165, 1.54) is 12.1 Å². The number of aryl methyl sites for hydroxylation is 1. The highest BCUT2D eigenvalue weighted by atomic mass is 16.6. The van der Waals surface area contributed by atoms with Gasteiger partial charge in [0.15, 0.2) is 5.69 Å². The summed E-state index contributed by atoms with van der Waals surface area (Å²) in [6.07, 6.45) is 0. The summed E-state index contributed by atoms with van der Waals surface area (Å²) < 4.78 is 0. The Hall–Kier alpha value is -2.44. The second kappa shape index (κ2) is 3.30. The number of H-pyrrole nitrogens is 1. The minimum atomic E-state index is -0.564. The summed E-state index contributed by atoms with van der Waals surface area (Å²) in [5.41, 5.74) is 0.683. The molecule has 0 aliphatic heterocycles. The molecule has 0 saturated carbocycles. The molecule has 0 saturated heterocycles. The first kappa shape index (κ1) is 10.1. The summed E-state index contributed by atoms with van der Waals surface area (Å²) in [7, 11) is 0. The van der Waals surface area contributed by atoms with Crippen LogP contribution >= 0.6 is 0 Å². The molecule has 1 heterocycles. The van der Waals surface area contributed by atoms with Crippen molar-refractivity contribution in [3.05, 3.63) is 32.7 Å². The Bertz CT molecular complexity index is 602. The molecule has 2 aromatic rings. The van der Waals surface area contributed by atoms with Crippen molar-refractivity contribution in [3.63, 3.8) is 0 Å². The molecule has 82 valence electrons. The number of nitrogens with zero attached hydrogens (tertiary/aromatic N) is 2. The molecule has 16 heavy (non-hydrogen) atoms. The first-order chi connectivity index (χ1) is 7.54. The molecule has 2 N–H and O–H groups in total. The van der Waals surface area contributed by atoms with Crippen LogP contribution in [0.25, 0.3) is 10.9 Å². The van der Waals surface area contributed by atoms with E-state index >= 15 is 0 Å². The quantitative estimate of drug-likeness (QED) is 0.461. The molecule has 0 aliphatic carbocycles. The van der Waals surface area contributed by atoms with Gasteiger partial charge < -0.3 is 10.1 Å². The molecule has 0 bridgehead atoms. The lowest BCUT2D eigenvalue weighted by molar-refractivity contribution is -0.384. The fourth-order valence-corrected chi connectivity index (χ4v) is 1.62. The molecule has 0 atom stereocenters. The summed E-state index contributed by atoms with van der Waals surface area (Å²) in [5.74, 6) is -0.381. The maximum absolute atomic E-state index is 10.6. The van der Waals surface area contributed by atoms with Gasteiger partial charge in [0, 0.05) is 17.5 Å². The van der Waals surface area contributed by atoms with Gasteiger partial charge in [0.25, 0.3) is 5.69 Å². The van der Waals surface area contributed by atoms with E-state index in [2.05, 4.69) is 10.2 Å². The fraction of sp³-hybridized carbons (Fsp3) is 0.111. The van der Waals surface area contributed by atoms with Crippen LogP contribution in [-0.4, -0.2) is 15.0 Å². The molecule has 7 nitrogen and oxygen atoms in total. The number of nitroso groups, excluding NO2 is 1. The zero-order chi connectivity index (χ0) is 11.9. The van der Waals surface area contributed by atoms with E-state index in [9.17, 15) is 20.1 Å². The highest BCUT2D eigenvalue weighted by Gasteiger charge is 2.17. The topological polar surface area (TPSA) is 109 Å². The minimum absolute atomic E-state index is 0.145. The predicted octanol–water partition coefficient (Wildman–Crippen LogP) is 2.49. The van der Waals surface area contributed by atoms with Crippen molar-refractivity contribution in [1.82, 2.24) is 4.98 Å². The first-order valence-electron chi connectivity index (χ1n) is 4.37. The van der Waals surface area contributed by atoms with Crippen LogP contribution in [-0.2, 0) is 0 Å². The maximum Gasteiger partial charge on any atom is 0.270 e. The third-order valence-corrected chi connectivity index (χ3v) is 2.35. The Balaban J connectivity index is 2.88. The van der Waals surface area contributed by atoms with Crippen LogP contribution in [0, 0.1) is 21.9 Å². The van der Waals surface area contributed by atoms with E-state index in [0.29, 0.717) is 11.1 Å². The molecular formula is C9H7N3O4. The van der Waals surface area contributed by atoms with Crippen LogP contribution in [0.4, 0.5) is 11.4 Å². The van der Waals surface area contributed by atoms with Crippen molar-refractivity contribution < 1.29 is 10.0 Å². The van der Waals surface area contributed by atoms with Gasteiger partial charge in [0.05, 0.1) is 10.4 Å². The van der Waals surface area contributed by atoms with Crippen molar-refractivity contribution >= 4 is 22.3 Å². The minimum Gasteiger partial charge on any atom is -0.493 e. The number of nitro groups is 1. The SMILES string of the molecule is Cc1cc([N+](=O)[O-])cc2c(N=O)c(O)[nH]c12. The molecule has 1 aromatic heterocycles. The van der Waals surface area contributed by atoms with Crippen LogP contribution in [0.2, 0.25) is 0 Å². The summed E-state index contributed by atoms with van der Waals surface area (Å²) in [4.78, 5) is 23.1. The van der Waals surface area contributed by atoms with Gasteiger partial charge in [-0.15, -0.1) is 4.91 Å². The number of rotatable bonds is 2. The average molecular weight is 221 g/mol. The molecule has 0 radical (unpaired) electrons. The summed E-state index contributed by atoms with van der Waals surface area (Å²) in [5, 5.41) is 22.9. The lowest BCUT2D eigenvalue weighted by atomic mass is 10.1. The number of fused-ring (bicyclic) bond motifs is 1. The Morgan fingerprint density at radius 3 is 2.75 bits per heavy atom. The molecule has 0 spiro atoms. The van der Waals surface area contributed by atoms with Gasteiger partial charge in [0.2, 0.25) is 5.88 Å². The molecule has 1 aromatic carbocycles. The van der Waals surface area contributed by atoms with E-state index in [1.54, 1.807) is 6.92 Å². The van der Waals surface area contributed by atoms with Crippen molar-refractivity contribution in [2.24, 2.45) is 5.18 Å². The van der Waals surface area contributed by atoms with Gasteiger partial charge in [-0.25, -0.2) is 0 Å². The number of benzene rings is 1. The van der Waals surface area contributed by atoms with Gasteiger partial charge >= 0.3 is 0 Å². The smallest absolute Gasteiger partial charge is 0.270 e. The molecule has 0 fully saturated rings. The van der Waals surface area contributed by atoms with Crippen molar-refractivity contribution in [1.29, 1.82) is 0 Å². The van der Waals surface area contributed by atoms with Crippen LogP contribution in [0.15, 0.2) is 17.3 Å². The lowest BCUT2D eigenvalue weighted by Gasteiger charge is -1.96. The summed E-state index contributed by atoms with van der Waals surface area (Å²) >= 11 is 0. The second-order valence-corrected chi connectivity index (χ2v) is 3.36. The van der Waals surface area contributed by atoms with Crippen molar-refractivity contribution in [2.45, 2.75) is 6.92 Å². The number of hydrogen-bond acceptors (Lipinski definition) is 5. The molecular weight excluding hydrogens is 214 g/mol. The van der Waals surface area contributed by atoms with E-state index in [4.69, 9.17) is 0 Å². The first-order valence-corrected chi connectivity index (χ1v) is 4.37. The third-order valence-electron chi connectivity index (χ3n) is 2.35. The van der Waals surface area contributed by atoms with Crippen LogP contribution in [0.3, 0.4) is 0 Å². The van der Waals surface area contributed by atoms with Crippen LogP contribution in [0.5, 0.6) is 5.88 Å². The van der Waals surface area contributed by atoms with Gasteiger partial charge in [0.1, 0.15) is 0 Å². The molecule has 0 aliphatic rings. The van der Waals surface area contributed by atoms with Crippen LogP contribution in [0.1, 0.15) is 5.56 Å². The number of nitrogens with one attached hydrogen (secondary N) is 1. The van der Waals surface area contributed by atoms with E-state index in [-0.39, 0.29) is 22.6 Å². The predicted molar refractivity (Wildman–Crippen MR) is 56.8 cm³/mol. The maximum atomic E-state index is 10.6. The van der Waals surface area contributed by atoms with Crippen molar-refractivity contribution in [3.8, 4) is 5.88 Å². The Morgan fingerprint density at radius 2 is 2.19 bits per heavy atom. The zero-order valence-corrected chi connectivity index (χ0v) is 8.22. The Morgan fingerprint density at radius 1 is 1.50 bits per heavy atom. The molecule has 2 rings (SSSR count). The molecule has 0 amide bonds. The Kier molecular flexibility index (Phi) is 2.08. The van der Waals surface area contributed by atoms with Gasteiger partial charge in [-0.3, -0.25) is 10.1 Å². The van der Waals surface area contributed by atoms with Gasteiger partial charge in [-0.2, -0.15) is 0 Å². The number of aromatic amines is 1. The number of aromatic nitrogens is 1. The largest absolute Gasteiger partial charge is 0.493 e. The second-order valence-electron chi connectivity index (χ2n) is 3.36. The highest BCUT2D eigenvalue weighted by molar-refractivity contribution is 5.97. The number of hydrogen-bond donors (Lipinski definition) is 2. The van der Waals surface area contributed by atoms with Gasteiger partial charge in [-0.1, -0.05) is 0 Å². The lowest BCUT2D eigenvalue weighted by Crippen LogP contribution is -1.88. The fourth-order valence-electron chi connectivity index (χ4n) is 1.62.